The van der Waals surface area contributed by atoms with E-state index in [0.29, 0.717) is 0 Å². The summed E-state index contributed by atoms with van der Waals surface area (Å²) in [6.07, 6.45) is -7.98. The molecule has 15 heteroatoms. The summed E-state index contributed by atoms with van der Waals surface area (Å²) in [6.45, 7) is 13.2. The molecule has 15 nitrogen and oxygen atoms in total. The molecule has 0 bridgehead atoms. The summed E-state index contributed by atoms with van der Waals surface area (Å²) in [7, 11) is 0. The van der Waals surface area contributed by atoms with Gasteiger partial charge in [0, 0.05) is 68.1 Å². The first-order valence-electron chi connectivity index (χ1n) is 17.8. The smallest absolute Gasteiger partial charge is 0.341 e. The van der Waals surface area contributed by atoms with Crippen molar-refractivity contribution in [1.82, 2.24) is 0 Å². The molecule has 0 radical (unpaired) electrons. The minimum Gasteiger partial charge on any atom is -0.459 e. The number of carbonyl (C=O) groups is 6. The van der Waals surface area contributed by atoms with Gasteiger partial charge in [-0.25, -0.2) is 4.79 Å². The minimum absolute atomic E-state index is 0.207. The number of Topliss-reactive ketones (excluding diaryl/α,β-unsaturated/α-hetero) is 1. The van der Waals surface area contributed by atoms with Crippen molar-refractivity contribution in [1.29, 1.82) is 0 Å². The van der Waals surface area contributed by atoms with Gasteiger partial charge in [0.05, 0.1) is 17.6 Å². The first-order valence-corrected chi connectivity index (χ1v) is 17.8. The first-order chi connectivity index (χ1) is 23.6. The Bertz CT molecular complexity index is 1660. The first kappa shape index (κ1) is 34.9. The molecule has 0 amide bonds. The van der Waals surface area contributed by atoms with Crippen LogP contribution in [0, 0.1) is 57.7 Å². The number of ketones is 1. The van der Waals surface area contributed by atoms with Gasteiger partial charge in [-0.1, -0.05) is 20.8 Å². The van der Waals surface area contributed by atoms with Gasteiger partial charge in [-0.3, -0.25) is 24.0 Å². The Morgan fingerprint density at radius 2 is 1.37 bits per heavy atom. The van der Waals surface area contributed by atoms with Crippen molar-refractivity contribution in [2.45, 2.75) is 129 Å². The summed E-state index contributed by atoms with van der Waals surface area (Å²) >= 11 is 0. The van der Waals surface area contributed by atoms with Gasteiger partial charge >= 0.3 is 29.8 Å². The Hall–Kier alpha value is -3.14. The van der Waals surface area contributed by atoms with Gasteiger partial charge in [-0.15, -0.1) is 0 Å². The molecule has 8 fully saturated rings. The van der Waals surface area contributed by atoms with Crippen LogP contribution in [0.25, 0.3) is 0 Å². The summed E-state index contributed by atoms with van der Waals surface area (Å²) < 4.78 is 42.3. The van der Waals surface area contributed by atoms with E-state index in [-0.39, 0.29) is 6.42 Å². The molecule has 5 aliphatic carbocycles. The third kappa shape index (κ3) is 3.93. The van der Waals surface area contributed by atoms with Crippen LogP contribution in [0.3, 0.4) is 0 Å². The van der Waals surface area contributed by atoms with Gasteiger partial charge < -0.3 is 43.4 Å². The number of hydrogen-bond acceptors (Lipinski definition) is 15. The zero-order chi connectivity index (χ0) is 37.3. The molecular formula is C36H46O15. The second-order valence-electron chi connectivity index (χ2n) is 17.1. The lowest BCUT2D eigenvalue weighted by atomic mass is 9.41. The highest BCUT2D eigenvalue weighted by atomic mass is 16.8. The Kier molecular flexibility index (Phi) is 7.05. The van der Waals surface area contributed by atoms with Crippen LogP contribution < -0.4 is 0 Å². The lowest BCUT2D eigenvalue weighted by Gasteiger charge is -2.65. The van der Waals surface area contributed by atoms with Crippen LogP contribution in [-0.2, 0) is 61.9 Å². The van der Waals surface area contributed by atoms with E-state index in [2.05, 4.69) is 0 Å². The van der Waals surface area contributed by atoms with E-state index in [9.17, 15) is 39.0 Å². The van der Waals surface area contributed by atoms with Gasteiger partial charge in [-0.05, 0) is 32.1 Å². The third-order valence-electron chi connectivity index (χ3n) is 15.0. The highest BCUT2D eigenvalue weighted by molar-refractivity contribution is 5.90. The summed E-state index contributed by atoms with van der Waals surface area (Å²) in [4.78, 5) is 80.1. The van der Waals surface area contributed by atoms with Gasteiger partial charge in [0.1, 0.15) is 30.5 Å². The van der Waals surface area contributed by atoms with Gasteiger partial charge in [0.25, 0.3) is 0 Å². The van der Waals surface area contributed by atoms with Crippen molar-refractivity contribution in [3.8, 4) is 0 Å². The monoisotopic (exact) mass is 718 g/mol. The topological polar surface area (TPSA) is 214 Å². The molecule has 0 aromatic rings. The Morgan fingerprint density at radius 1 is 0.784 bits per heavy atom. The summed E-state index contributed by atoms with van der Waals surface area (Å²) in [5.74, 6) is -11.9. The molecule has 20 atom stereocenters. The minimum atomic E-state index is -2.14. The average Bonchev–Trinajstić information content (AvgIpc) is 3.91. The van der Waals surface area contributed by atoms with Crippen molar-refractivity contribution in [3.05, 3.63) is 0 Å². The molecule has 0 aromatic carbocycles. The molecule has 8 aliphatic rings. The molecule has 5 saturated carbocycles. The molecule has 51 heavy (non-hydrogen) atoms. The predicted molar refractivity (Wildman–Crippen MR) is 165 cm³/mol. The Labute approximate surface area is 294 Å². The van der Waals surface area contributed by atoms with Crippen LogP contribution in [0.15, 0.2) is 0 Å². The largest absolute Gasteiger partial charge is 0.459 e. The molecule has 1 spiro atoms. The van der Waals surface area contributed by atoms with E-state index in [0.717, 1.165) is 0 Å². The predicted octanol–water partition coefficient (Wildman–Crippen LogP) is 0.624. The number of aliphatic hydroxyl groups is 2. The normalized spacial score (nSPS) is 56.6. The molecule has 2 N–H and O–H groups in total. The Balaban J connectivity index is 1.41. The van der Waals surface area contributed by atoms with Crippen LogP contribution in [0.1, 0.15) is 68.7 Å². The quantitative estimate of drug-likeness (QED) is 0.232. The van der Waals surface area contributed by atoms with E-state index in [1.165, 1.54) is 34.6 Å². The van der Waals surface area contributed by atoms with Crippen LogP contribution in [0.5, 0.6) is 0 Å². The van der Waals surface area contributed by atoms with Crippen molar-refractivity contribution in [2.75, 3.05) is 0 Å². The number of aliphatic hydroxyl groups excluding tert-OH is 1. The van der Waals surface area contributed by atoms with E-state index >= 15 is 0 Å². The lowest BCUT2D eigenvalue weighted by Crippen LogP contribution is -2.75. The molecule has 280 valence electrons. The van der Waals surface area contributed by atoms with E-state index in [4.69, 9.17) is 33.2 Å². The maximum absolute atomic E-state index is 14.9. The molecular weight excluding hydrogens is 672 g/mol. The van der Waals surface area contributed by atoms with Crippen molar-refractivity contribution >= 4 is 35.6 Å². The zero-order valence-electron chi connectivity index (χ0n) is 30.1. The maximum Gasteiger partial charge on any atom is 0.341 e. The van der Waals surface area contributed by atoms with Gasteiger partial charge in [0.15, 0.2) is 17.5 Å². The fourth-order valence-electron chi connectivity index (χ4n) is 13.2. The fourth-order valence-corrected chi connectivity index (χ4v) is 13.2. The van der Waals surface area contributed by atoms with Crippen molar-refractivity contribution < 1.29 is 72.1 Å². The number of ether oxygens (including phenoxy) is 7. The summed E-state index contributed by atoms with van der Waals surface area (Å²) in [6, 6.07) is 0. The van der Waals surface area contributed by atoms with Crippen LogP contribution in [0.2, 0.25) is 0 Å². The number of carbonyl (C=O) groups excluding carboxylic acids is 6. The average molecular weight is 719 g/mol. The molecule has 3 heterocycles. The highest BCUT2D eigenvalue weighted by Crippen LogP contribution is 2.80. The SMILES string of the molecule is CC(=O)O[C@H]1[C@H]2[C@H]([C@@H]3[C@@H](O)[C@@H]4[C@H]([C@H](C)[C@@H]5O[C@@]56OC(=O)[C@@](C)(O)[C@]46C)[C@@]3(C)[C@H]1OC(C)=O)[C@@H](OC(C)=O)C(=O)[C@H]1C[C@@H]3O[C@@H]3[C@H](OC(C)=O)[C@]21C. The summed E-state index contributed by atoms with van der Waals surface area (Å²) in [5.41, 5.74) is -6.38. The van der Waals surface area contributed by atoms with Crippen LogP contribution in [0.4, 0.5) is 0 Å². The number of rotatable bonds is 4. The van der Waals surface area contributed by atoms with Gasteiger partial charge in [-0.2, -0.15) is 0 Å². The highest BCUT2D eigenvalue weighted by Gasteiger charge is 2.93. The molecule has 8 rings (SSSR count). The van der Waals surface area contributed by atoms with E-state index < -0.39 is 154 Å². The standard InChI is InChI=1S/C36H46O15/c1-11-19-22(34(8)35(9,44)31(43)51-36(34)28(11)50-36)24(42)20-18-21(27(46-13(3)38)30(33(19,20)7)48-15(5)40)32(6)16(23(41)26(18)45-12(2)37)10-17-25(49-17)29(32)47-14(4)39/h11,16-22,24-30,42,44H,10H2,1-9H3/t11-,16+,17-,18-,19-,20+,21+,22-,24+,25-,26+,27-,28-,29-,30-,32-,33+,34-,35+,36+/m0/s1. The van der Waals surface area contributed by atoms with Crippen molar-refractivity contribution in [2.24, 2.45) is 57.7 Å². The lowest BCUT2D eigenvalue weighted by molar-refractivity contribution is -0.274. The zero-order valence-corrected chi connectivity index (χ0v) is 30.1. The fraction of sp³-hybridized carbons (Fsp3) is 0.833. The van der Waals surface area contributed by atoms with E-state index in [1.54, 1.807) is 20.8 Å². The number of hydrogen-bond donors (Lipinski definition) is 2. The Morgan fingerprint density at radius 3 is 1.96 bits per heavy atom. The van der Waals surface area contributed by atoms with Crippen LogP contribution in [-0.4, -0.2) is 106 Å². The number of epoxide rings is 2. The molecule has 3 saturated heterocycles. The van der Waals surface area contributed by atoms with Gasteiger partial charge in [0.2, 0.25) is 5.79 Å². The maximum atomic E-state index is 14.9. The van der Waals surface area contributed by atoms with E-state index in [1.807, 2.05) is 6.92 Å². The molecule has 0 unspecified atom stereocenters. The number of esters is 5. The van der Waals surface area contributed by atoms with Crippen LogP contribution >= 0.6 is 0 Å². The third-order valence-corrected chi connectivity index (χ3v) is 15.0. The summed E-state index contributed by atoms with van der Waals surface area (Å²) in [5, 5.41) is 24.9. The molecule has 3 aliphatic heterocycles. The second kappa shape index (κ2) is 10.3. The molecule has 0 aromatic heterocycles. The second-order valence-corrected chi connectivity index (χ2v) is 17.1. The van der Waals surface area contributed by atoms with Crippen molar-refractivity contribution in [3.63, 3.8) is 0 Å². The number of fused-ring (bicyclic) bond motifs is 9.